The highest BCUT2D eigenvalue weighted by Gasteiger charge is 2.42. The number of carbonyl (C=O) groups is 1. The normalized spacial score (nSPS) is 23.1. The van der Waals surface area contributed by atoms with Gasteiger partial charge in [-0.3, -0.25) is 4.79 Å². The lowest BCUT2D eigenvalue weighted by Gasteiger charge is -2.40. The van der Waals surface area contributed by atoms with Gasteiger partial charge in [-0.1, -0.05) is 0 Å². The largest absolute Gasteiger partial charge is 0.371 e. The van der Waals surface area contributed by atoms with Gasteiger partial charge in [-0.25, -0.2) is 9.97 Å². The quantitative estimate of drug-likeness (QED) is 0.765. The van der Waals surface area contributed by atoms with Crippen molar-refractivity contribution < 1.29 is 4.79 Å². The first-order valence-electron chi connectivity index (χ1n) is 11.9. The molecule has 0 aromatic carbocycles. The van der Waals surface area contributed by atoms with Crippen LogP contribution in [0.15, 0.2) is 24.5 Å². The summed E-state index contributed by atoms with van der Waals surface area (Å²) in [4.78, 5) is 33.7. The zero-order valence-electron chi connectivity index (χ0n) is 19.2. The maximum atomic E-state index is 13.7. The molecule has 5 heterocycles. The van der Waals surface area contributed by atoms with Gasteiger partial charge in [-0.2, -0.15) is 10.2 Å². The molecule has 1 unspecified atom stereocenters. The molecule has 3 aliphatic rings. The summed E-state index contributed by atoms with van der Waals surface area (Å²) in [5.74, 6) is 1.41. The third-order valence-electron chi connectivity index (χ3n) is 7.16. The fourth-order valence-electron chi connectivity index (χ4n) is 5.49. The third-order valence-corrected chi connectivity index (χ3v) is 7.16. The first-order valence-corrected chi connectivity index (χ1v) is 11.9. The molecule has 0 saturated carbocycles. The average molecular weight is 447 g/mol. The number of rotatable bonds is 4. The highest BCUT2D eigenvalue weighted by atomic mass is 16.2. The standard InChI is InChI=1S/C24H30N8O/c1-3-26-24-28-14-21-22(29-24)32-16(2)4-5-20(32)15-31(23(21)33)18-7-10-30(11-8-18)19-6-9-27-17(12-19)13-25/h6,9,12,14,16,18,20H,3-5,7-8,10-11,15H2,1-2H3,(H,26,28,29)/t16-,20?/m0/s1. The van der Waals surface area contributed by atoms with Gasteiger partial charge in [0, 0.05) is 62.4 Å². The number of nitriles is 1. The van der Waals surface area contributed by atoms with Crippen LogP contribution in [0.25, 0.3) is 0 Å². The van der Waals surface area contributed by atoms with Gasteiger partial charge in [0.15, 0.2) is 0 Å². The minimum absolute atomic E-state index is 0.0452. The van der Waals surface area contributed by atoms with E-state index < -0.39 is 0 Å². The lowest BCUT2D eigenvalue weighted by Crippen LogP contribution is -2.50. The molecule has 2 aromatic rings. The van der Waals surface area contributed by atoms with Crippen LogP contribution in [0.5, 0.6) is 0 Å². The van der Waals surface area contributed by atoms with Crippen molar-refractivity contribution in [3.8, 4) is 6.07 Å². The Kier molecular flexibility index (Phi) is 5.75. The summed E-state index contributed by atoms with van der Waals surface area (Å²) in [5, 5.41) is 12.3. The van der Waals surface area contributed by atoms with Gasteiger partial charge in [0.1, 0.15) is 23.1 Å². The van der Waals surface area contributed by atoms with Gasteiger partial charge in [0.25, 0.3) is 5.91 Å². The van der Waals surface area contributed by atoms with E-state index in [1.54, 1.807) is 12.4 Å². The van der Waals surface area contributed by atoms with E-state index in [0.717, 1.165) is 63.4 Å². The molecule has 9 heteroatoms. The Labute approximate surface area is 194 Å². The molecule has 3 aliphatic heterocycles. The summed E-state index contributed by atoms with van der Waals surface area (Å²) in [7, 11) is 0. The van der Waals surface area contributed by atoms with Gasteiger partial charge in [0.2, 0.25) is 5.95 Å². The summed E-state index contributed by atoms with van der Waals surface area (Å²) in [5.41, 5.74) is 2.07. The second-order valence-electron chi connectivity index (χ2n) is 9.14. The number of hydrogen-bond donors (Lipinski definition) is 1. The molecule has 2 saturated heterocycles. The van der Waals surface area contributed by atoms with Crippen molar-refractivity contribution in [1.82, 2.24) is 19.9 Å². The van der Waals surface area contributed by atoms with E-state index in [4.69, 9.17) is 10.2 Å². The molecule has 0 bridgehead atoms. The van der Waals surface area contributed by atoms with Crippen LogP contribution >= 0.6 is 0 Å². The predicted octanol–water partition coefficient (Wildman–Crippen LogP) is 2.66. The number of fused-ring (bicyclic) bond motifs is 3. The Bertz CT molecular complexity index is 1070. The second-order valence-corrected chi connectivity index (χ2v) is 9.14. The fraction of sp³-hybridized carbons (Fsp3) is 0.542. The number of nitrogens with one attached hydrogen (secondary N) is 1. The van der Waals surface area contributed by atoms with Gasteiger partial charge < -0.3 is 20.0 Å². The lowest BCUT2D eigenvalue weighted by molar-refractivity contribution is 0.0645. The molecule has 0 radical (unpaired) electrons. The van der Waals surface area contributed by atoms with Crippen LogP contribution in [0, 0.1) is 11.3 Å². The second kappa shape index (κ2) is 8.85. The van der Waals surface area contributed by atoms with E-state index in [1.807, 2.05) is 19.1 Å². The van der Waals surface area contributed by atoms with Crippen molar-refractivity contribution in [2.24, 2.45) is 0 Å². The van der Waals surface area contributed by atoms with Crippen LogP contribution in [-0.4, -0.2) is 70.1 Å². The van der Waals surface area contributed by atoms with Crippen molar-refractivity contribution in [3.63, 3.8) is 0 Å². The van der Waals surface area contributed by atoms with Crippen molar-refractivity contribution in [3.05, 3.63) is 35.8 Å². The Hall–Kier alpha value is -3.41. The van der Waals surface area contributed by atoms with Crippen LogP contribution in [0.3, 0.4) is 0 Å². The topological polar surface area (TPSA) is 101 Å². The number of amides is 1. The number of pyridine rings is 1. The molecule has 2 atom stereocenters. The van der Waals surface area contributed by atoms with E-state index in [2.05, 4.69) is 43.0 Å². The molecule has 0 aliphatic carbocycles. The van der Waals surface area contributed by atoms with Crippen LogP contribution < -0.4 is 15.1 Å². The molecule has 33 heavy (non-hydrogen) atoms. The highest BCUT2D eigenvalue weighted by molar-refractivity contribution is 6.00. The summed E-state index contributed by atoms with van der Waals surface area (Å²) in [6.07, 6.45) is 7.35. The summed E-state index contributed by atoms with van der Waals surface area (Å²) in [6.45, 7) is 7.40. The fourth-order valence-corrected chi connectivity index (χ4v) is 5.49. The molecule has 5 rings (SSSR count). The van der Waals surface area contributed by atoms with Gasteiger partial charge in [-0.15, -0.1) is 0 Å². The predicted molar refractivity (Wildman–Crippen MR) is 126 cm³/mol. The third kappa shape index (κ3) is 3.94. The zero-order valence-corrected chi connectivity index (χ0v) is 19.2. The van der Waals surface area contributed by atoms with E-state index >= 15 is 0 Å². The smallest absolute Gasteiger partial charge is 0.259 e. The number of hydrogen-bond acceptors (Lipinski definition) is 8. The summed E-state index contributed by atoms with van der Waals surface area (Å²) < 4.78 is 0. The molecule has 172 valence electrons. The first-order chi connectivity index (χ1) is 16.1. The zero-order chi connectivity index (χ0) is 22.9. The number of nitrogens with zero attached hydrogens (tertiary/aromatic N) is 7. The minimum atomic E-state index is 0.0452. The van der Waals surface area contributed by atoms with Crippen molar-refractivity contribution in [2.45, 2.75) is 57.7 Å². The first kappa shape index (κ1) is 21.4. The van der Waals surface area contributed by atoms with Crippen molar-refractivity contribution in [1.29, 1.82) is 5.26 Å². The average Bonchev–Trinajstić information content (AvgIpc) is 3.16. The van der Waals surface area contributed by atoms with Crippen LogP contribution in [0.4, 0.5) is 17.5 Å². The van der Waals surface area contributed by atoms with Gasteiger partial charge in [-0.05, 0) is 51.7 Å². The Morgan fingerprint density at radius 3 is 2.76 bits per heavy atom. The molecule has 1 amide bonds. The Morgan fingerprint density at radius 2 is 2.00 bits per heavy atom. The summed E-state index contributed by atoms with van der Waals surface area (Å²) in [6, 6.07) is 6.72. The van der Waals surface area contributed by atoms with E-state index in [0.29, 0.717) is 23.2 Å². The molecular formula is C24H30N8O. The maximum Gasteiger partial charge on any atom is 0.259 e. The van der Waals surface area contributed by atoms with E-state index in [9.17, 15) is 4.79 Å². The number of piperidine rings is 1. The van der Waals surface area contributed by atoms with E-state index in [1.165, 1.54) is 0 Å². The van der Waals surface area contributed by atoms with Crippen molar-refractivity contribution >= 4 is 23.4 Å². The molecule has 9 nitrogen and oxygen atoms in total. The Morgan fingerprint density at radius 1 is 1.18 bits per heavy atom. The van der Waals surface area contributed by atoms with Crippen LogP contribution in [-0.2, 0) is 0 Å². The number of anilines is 3. The number of aromatic nitrogens is 3. The monoisotopic (exact) mass is 446 g/mol. The van der Waals surface area contributed by atoms with Gasteiger partial charge >= 0.3 is 0 Å². The summed E-state index contributed by atoms with van der Waals surface area (Å²) >= 11 is 0. The van der Waals surface area contributed by atoms with E-state index in [-0.39, 0.29) is 18.0 Å². The molecule has 0 spiro atoms. The molecule has 2 aromatic heterocycles. The number of carbonyl (C=O) groups excluding carboxylic acids is 1. The van der Waals surface area contributed by atoms with Crippen molar-refractivity contribution in [2.75, 3.05) is 41.3 Å². The highest BCUT2D eigenvalue weighted by Crippen LogP contribution is 2.37. The SMILES string of the molecule is CCNc1ncc2c(n1)N1C(CC[C@@H]1C)CN(C1CCN(c3ccnc(C#N)c3)CC1)C2=O. The minimum Gasteiger partial charge on any atom is -0.371 e. The van der Waals surface area contributed by atoms with Gasteiger partial charge in [0.05, 0.1) is 0 Å². The molecule has 2 fully saturated rings. The molecular weight excluding hydrogens is 416 g/mol. The Balaban J connectivity index is 1.38. The maximum absolute atomic E-state index is 13.7. The molecule has 1 N–H and O–H groups in total. The lowest BCUT2D eigenvalue weighted by atomic mass is 10.0. The van der Waals surface area contributed by atoms with Crippen LogP contribution in [0.1, 0.15) is 55.6 Å². The van der Waals surface area contributed by atoms with Crippen LogP contribution in [0.2, 0.25) is 0 Å².